The summed E-state index contributed by atoms with van der Waals surface area (Å²) in [5, 5.41) is 2.88. The van der Waals surface area contributed by atoms with E-state index >= 15 is 0 Å². The third-order valence-corrected chi connectivity index (χ3v) is 6.54. The van der Waals surface area contributed by atoms with E-state index in [0.29, 0.717) is 28.1 Å². The number of benzene rings is 3. The second-order valence-corrected chi connectivity index (χ2v) is 9.75. The van der Waals surface area contributed by atoms with Crippen LogP contribution in [0, 0.1) is 0 Å². The summed E-state index contributed by atoms with van der Waals surface area (Å²) >= 11 is 11.9. The zero-order valence-electron chi connectivity index (χ0n) is 18.5. The molecule has 1 saturated heterocycles. The molecule has 0 aliphatic carbocycles. The fourth-order valence-corrected chi connectivity index (χ4v) is 4.66. The highest BCUT2D eigenvalue weighted by Crippen LogP contribution is 2.32. The minimum absolute atomic E-state index is 0.0391. The highest BCUT2D eigenvalue weighted by molar-refractivity contribution is 8.15. The van der Waals surface area contributed by atoms with E-state index in [2.05, 4.69) is 15.0 Å². The van der Waals surface area contributed by atoms with Gasteiger partial charge in [0, 0.05) is 28.7 Å². The van der Waals surface area contributed by atoms with Crippen LogP contribution in [0.5, 0.6) is 5.75 Å². The first-order chi connectivity index (χ1) is 17.2. The number of thioether (sulfide) groups is 1. The van der Waals surface area contributed by atoms with Gasteiger partial charge in [0.2, 0.25) is 11.8 Å². The number of nitrogens with one attached hydrogen (secondary N) is 1. The molecule has 4 rings (SSSR count). The van der Waals surface area contributed by atoms with E-state index in [1.807, 2.05) is 30.3 Å². The van der Waals surface area contributed by atoms with Gasteiger partial charge in [0.05, 0.1) is 12.2 Å². The second-order valence-electron chi connectivity index (χ2n) is 7.71. The zero-order valence-corrected chi connectivity index (χ0v) is 20.9. The van der Waals surface area contributed by atoms with E-state index in [9.17, 15) is 18.4 Å². The van der Waals surface area contributed by atoms with Crippen LogP contribution in [0.25, 0.3) is 0 Å². The number of aliphatic imine (C=N–C) groups is 1. The number of anilines is 1. The molecule has 0 radical (unpaired) electrons. The molecule has 186 valence electrons. The number of hydrogen-bond donors (Lipinski definition) is 1. The van der Waals surface area contributed by atoms with Crippen molar-refractivity contribution >= 4 is 63.3 Å². The Morgan fingerprint density at radius 3 is 2.39 bits per heavy atom. The Morgan fingerprint density at radius 1 is 1.08 bits per heavy atom. The number of carbonyl (C=O) groups excluding carboxylic acids is 2. The smallest absolute Gasteiger partial charge is 0.420 e. The van der Waals surface area contributed by atoms with E-state index in [1.54, 1.807) is 29.2 Å². The number of amidine groups is 1. The van der Waals surface area contributed by atoms with E-state index in [4.69, 9.17) is 23.2 Å². The summed E-state index contributed by atoms with van der Waals surface area (Å²) in [7, 11) is 0. The number of nitrogens with zero attached hydrogens (tertiary/aromatic N) is 2. The van der Waals surface area contributed by atoms with Crippen molar-refractivity contribution in [2.75, 3.05) is 5.32 Å². The maximum Gasteiger partial charge on any atom is 0.487 e. The molecule has 6 nitrogen and oxygen atoms in total. The van der Waals surface area contributed by atoms with Crippen molar-refractivity contribution < 1.29 is 23.1 Å². The molecule has 1 unspecified atom stereocenters. The lowest BCUT2D eigenvalue weighted by molar-refractivity contribution is -0.129. The molecule has 1 heterocycles. The van der Waals surface area contributed by atoms with Crippen LogP contribution < -0.4 is 10.1 Å². The van der Waals surface area contributed by atoms with Crippen molar-refractivity contribution in [3.63, 3.8) is 0 Å². The van der Waals surface area contributed by atoms with Gasteiger partial charge in [-0.05, 0) is 54.1 Å². The van der Waals surface area contributed by atoms with Crippen LogP contribution in [0.4, 0.5) is 20.2 Å². The third kappa shape index (κ3) is 7.19. The number of amides is 2. The Bertz CT molecular complexity index is 1250. The molecular weight excluding hydrogens is 531 g/mol. The quantitative estimate of drug-likeness (QED) is 0.334. The molecule has 36 heavy (non-hydrogen) atoms. The fourth-order valence-electron chi connectivity index (χ4n) is 3.35. The molecule has 3 aromatic carbocycles. The van der Waals surface area contributed by atoms with Gasteiger partial charge in [-0.1, -0.05) is 53.7 Å². The summed E-state index contributed by atoms with van der Waals surface area (Å²) in [6, 6.07) is 21.6. The molecule has 0 saturated carbocycles. The standard InChI is InChI=1S/C25H19Cl2F2N3O3S/c26-17-6-8-19(9-7-17)31-24-32(15-16-4-2-1-3-5-16)22(33)14-21(36-24)23(34)30-18-10-12-20(13-11-18)35-25(27,28)29/h1-13,21H,14-15H2,(H,30,34). The van der Waals surface area contributed by atoms with Crippen LogP contribution >= 0.6 is 35.0 Å². The van der Waals surface area contributed by atoms with E-state index in [1.165, 1.54) is 36.0 Å². The maximum atomic E-state index is 13.1. The number of halogens is 4. The first-order valence-corrected chi connectivity index (χ1v) is 12.3. The Labute approximate surface area is 220 Å². The molecule has 1 N–H and O–H groups in total. The Balaban J connectivity index is 1.52. The SMILES string of the molecule is O=C(Nc1ccc(OC(F)(F)Cl)cc1)C1CC(=O)N(Cc2ccccc2)C(=Nc2ccc(Cl)cc2)S1. The van der Waals surface area contributed by atoms with Crippen molar-refractivity contribution in [2.45, 2.75) is 23.8 Å². The van der Waals surface area contributed by atoms with Crippen molar-refractivity contribution in [3.8, 4) is 5.75 Å². The van der Waals surface area contributed by atoms with Crippen LogP contribution in [-0.4, -0.2) is 32.7 Å². The van der Waals surface area contributed by atoms with Gasteiger partial charge in [0.1, 0.15) is 11.0 Å². The highest BCUT2D eigenvalue weighted by atomic mass is 35.5. The Kier molecular flexibility index (Phi) is 8.13. The van der Waals surface area contributed by atoms with E-state index < -0.39 is 16.7 Å². The lowest BCUT2D eigenvalue weighted by atomic mass is 10.2. The lowest BCUT2D eigenvalue weighted by Crippen LogP contribution is -2.44. The Hall–Kier alpha value is -3.14. The van der Waals surface area contributed by atoms with Gasteiger partial charge in [-0.15, -0.1) is 8.78 Å². The topological polar surface area (TPSA) is 71.0 Å². The maximum absolute atomic E-state index is 13.1. The lowest BCUT2D eigenvalue weighted by Gasteiger charge is -2.32. The molecule has 1 aliphatic rings. The monoisotopic (exact) mass is 549 g/mol. The molecule has 1 atom stereocenters. The van der Waals surface area contributed by atoms with Gasteiger partial charge in [-0.25, -0.2) is 4.99 Å². The summed E-state index contributed by atoms with van der Waals surface area (Å²) in [4.78, 5) is 32.3. The number of alkyl halides is 3. The summed E-state index contributed by atoms with van der Waals surface area (Å²) in [6.07, 6.45) is -0.0391. The van der Waals surface area contributed by atoms with Crippen LogP contribution in [0.2, 0.25) is 5.02 Å². The van der Waals surface area contributed by atoms with Crippen molar-refractivity contribution in [2.24, 2.45) is 4.99 Å². The molecule has 1 fully saturated rings. The van der Waals surface area contributed by atoms with Gasteiger partial charge < -0.3 is 10.1 Å². The fraction of sp³-hybridized carbons (Fsp3) is 0.160. The first kappa shape index (κ1) is 25.9. The predicted molar refractivity (Wildman–Crippen MR) is 138 cm³/mol. The van der Waals surface area contributed by atoms with Gasteiger partial charge >= 0.3 is 5.57 Å². The average Bonchev–Trinajstić information content (AvgIpc) is 2.83. The molecule has 0 aromatic heterocycles. The number of hydrogen-bond acceptors (Lipinski definition) is 5. The molecule has 0 spiro atoms. The van der Waals surface area contributed by atoms with Crippen molar-refractivity contribution in [3.05, 3.63) is 89.4 Å². The molecule has 11 heteroatoms. The second kappa shape index (κ2) is 11.3. The van der Waals surface area contributed by atoms with E-state index in [0.717, 1.165) is 5.56 Å². The summed E-state index contributed by atoms with van der Waals surface area (Å²) in [5.74, 6) is -0.837. The number of rotatable bonds is 7. The molecule has 1 aliphatic heterocycles. The van der Waals surface area contributed by atoms with Gasteiger partial charge in [0.25, 0.3) is 0 Å². The minimum atomic E-state index is -3.84. The minimum Gasteiger partial charge on any atom is -0.420 e. The van der Waals surface area contributed by atoms with Crippen LogP contribution in [0.15, 0.2) is 83.9 Å². The van der Waals surface area contributed by atoms with Gasteiger partial charge in [-0.3, -0.25) is 14.5 Å². The molecule has 0 bridgehead atoms. The summed E-state index contributed by atoms with van der Waals surface area (Å²) < 4.78 is 29.9. The van der Waals surface area contributed by atoms with Crippen LogP contribution in [0.1, 0.15) is 12.0 Å². The van der Waals surface area contributed by atoms with Crippen molar-refractivity contribution in [1.82, 2.24) is 4.90 Å². The third-order valence-electron chi connectivity index (χ3n) is 5.02. The molecular formula is C25H19Cl2F2N3O3S. The molecule has 3 aromatic rings. The zero-order chi connectivity index (χ0) is 25.7. The van der Waals surface area contributed by atoms with Crippen LogP contribution in [0.3, 0.4) is 0 Å². The van der Waals surface area contributed by atoms with Crippen LogP contribution in [-0.2, 0) is 16.1 Å². The Morgan fingerprint density at radius 2 is 1.75 bits per heavy atom. The number of ether oxygens (including phenoxy) is 1. The van der Waals surface area contributed by atoms with Crippen molar-refractivity contribution in [1.29, 1.82) is 0 Å². The highest BCUT2D eigenvalue weighted by Gasteiger charge is 2.36. The van der Waals surface area contributed by atoms with Gasteiger partial charge in [-0.2, -0.15) is 0 Å². The summed E-state index contributed by atoms with van der Waals surface area (Å²) in [6.45, 7) is 0.306. The average molecular weight is 550 g/mol. The predicted octanol–water partition coefficient (Wildman–Crippen LogP) is 6.67. The largest absolute Gasteiger partial charge is 0.487 e. The summed E-state index contributed by atoms with van der Waals surface area (Å²) in [5.41, 5.74) is -1.99. The van der Waals surface area contributed by atoms with Gasteiger partial charge in [0.15, 0.2) is 5.17 Å². The van der Waals surface area contributed by atoms with E-state index in [-0.39, 0.29) is 18.1 Å². The normalized spacial score (nSPS) is 17.2. The number of carbonyl (C=O) groups is 2. The first-order valence-electron chi connectivity index (χ1n) is 10.7. The molecule has 2 amide bonds.